The van der Waals surface area contributed by atoms with E-state index in [9.17, 15) is 8.42 Å². The molecule has 4 nitrogen and oxygen atoms in total. The van der Waals surface area contributed by atoms with E-state index in [1.807, 2.05) is 6.20 Å². The molecule has 0 amide bonds. The van der Waals surface area contributed by atoms with Gasteiger partial charge in [-0.05, 0) is 40.2 Å². The highest BCUT2D eigenvalue weighted by Gasteiger charge is 2.11. The Hall–Kier alpha value is -1.14. The van der Waals surface area contributed by atoms with Crippen LogP contribution in [-0.4, -0.2) is 24.0 Å². The van der Waals surface area contributed by atoms with Crippen molar-refractivity contribution in [1.29, 1.82) is 0 Å². The summed E-state index contributed by atoms with van der Waals surface area (Å²) in [6.07, 6.45) is 3.49. The van der Waals surface area contributed by atoms with E-state index in [1.165, 1.54) is 0 Å². The smallest absolute Gasteiger partial charge is 0.178 e. The minimum absolute atomic E-state index is 0.111. The van der Waals surface area contributed by atoms with Crippen LogP contribution in [0.2, 0.25) is 0 Å². The molecule has 2 aromatic rings. The molecule has 90 valence electrons. The molecule has 0 aliphatic carbocycles. The summed E-state index contributed by atoms with van der Waals surface area (Å²) in [6.45, 7) is 1.63. The van der Waals surface area contributed by atoms with Crippen LogP contribution in [-0.2, 0) is 9.84 Å². The van der Waals surface area contributed by atoms with Crippen LogP contribution in [0.1, 0.15) is 6.92 Å². The fourth-order valence-electron chi connectivity index (χ4n) is 1.41. The van der Waals surface area contributed by atoms with Gasteiger partial charge >= 0.3 is 0 Å². The highest BCUT2D eigenvalue weighted by atomic mass is 79.9. The van der Waals surface area contributed by atoms with Crippen molar-refractivity contribution in [2.24, 2.45) is 0 Å². The SMILES string of the molecule is CCS(=O)(=O)c1ccc(-n2cc(Br)cn2)cc1. The van der Waals surface area contributed by atoms with Crippen LogP contribution in [0.3, 0.4) is 0 Å². The molecule has 0 saturated heterocycles. The Bertz CT molecular complexity index is 617. The van der Waals surface area contributed by atoms with Gasteiger partial charge in [0.05, 0.1) is 27.0 Å². The minimum atomic E-state index is -3.13. The van der Waals surface area contributed by atoms with E-state index in [2.05, 4.69) is 21.0 Å². The predicted molar refractivity (Wildman–Crippen MR) is 69.0 cm³/mol. The molecule has 0 atom stereocenters. The van der Waals surface area contributed by atoms with Gasteiger partial charge in [0.15, 0.2) is 9.84 Å². The lowest BCUT2D eigenvalue weighted by Crippen LogP contribution is -2.04. The summed E-state index contributed by atoms with van der Waals surface area (Å²) in [7, 11) is -3.13. The summed E-state index contributed by atoms with van der Waals surface area (Å²) in [4.78, 5) is 0.343. The van der Waals surface area contributed by atoms with Gasteiger partial charge < -0.3 is 0 Å². The molecule has 1 aromatic heterocycles. The number of benzene rings is 1. The average Bonchev–Trinajstić information content (AvgIpc) is 2.76. The summed E-state index contributed by atoms with van der Waals surface area (Å²) >= 11 is 3.31. The van der Waals surface area contributed by atoms with Crippen LogP contribution in [0.5, 0.6) is 0 Å². The molecule has 0 fully saturated rings. The maximum atomic E-state index is 11.6. The molecular weight excluding hydrogens is 304 g/mol. The molecule has 0 N–H and O–H groups in total. The number of sulfone groups is 1. The number of nitrogens with zero attached hydrogens (tertiary/aromatic N) is 2. The summed E-state index contributed by atoms with van der Waals surface area (Å²) < 4.78 is 25.8. The van der Waals surface area contributed by atoms with Gasteiger partial charge in [0.25, 0.3) is 0 Å². The van der Waals surface area contributed by atoms with Crippen LogP contribution >= 0.6 is 15.9 Å². The van der Waals surface area contributed by atoms with Gasteiger partial charge in [0.2, 0.25) is 0 Å². The van der Waals surface area contributed by atoms with Gasteiger partial charge in [0, 0.05) is 6.20 Å². The van der Waals surface area contributed by atoms with Gasteiger partial charge in [-0.2, -0.15) is 5.10 Å². The van der Waals surface area contributed by atoms with Crippen molar-refractivity contribution in [1.82, 2.24) is 9.78 Å². The first-order valence-corrected chi connectivity index (χ1v) is 7.51. The highest BCUT2D eigenvalue weighted by molar-refractivity contribution is 9.10. The Kier molecular flexibility index (Phi) is 3.35. The van der Waals surface area contributed by atoms with E-state index < -0.39 is 9.84 Å². The van der Waals surface area contributed by atoms with E-state index in [0.717, 1.165) is 10.2 Å². The minimum Gasteiger partial charge on any atom is -0.240 e. The maximum Gasteiger partial charge on any atom is 0.178 e. The summed E-state index contributed by atoms with van der Waals surface area (Å²) in [6, 6.07) is 6.68. The quantitative estimate of drug-likeness (QED) is 0.874. The molecule has 6 heteroatoms. The van der Waals surface area contributed by atoms with Crippen LogP contribution in [0.25, 0.3) is 5.69 Å². The first-order chi connectivity index (χ1) is 8.03. The van der Waals surface area contributed by atoms with Crippen molar-refractivity contribution in [3.05, 3.63) is 41.1 Å². The third-order valence-electron chi connectivity index (χ3n) is 2.39. The van der Waals surface area contributed by atoms with Gasteiger partial charge in [-0.1, -0.05) is 6.92 Å². The van der Waals surface area contributed by atoms with Crippen molar-refractivity contribution in [2.75, 3.05) is 5.75 Å². The Morgan fingerprint density at radius 1 is 1.29 bits per heavy atom. The summed E-state index contributed by atoms with van der Waals surface area (Å²) in [5, 5.41) is 4.12. The third kappa shape index (κ3) is 2.58. The van der Waals surface area contributed by atoms with Gasteiger partial charge in [-0.15, -0.1) is 0 Å². The lowest BCUT2D eigenvalue weighted by atomic mass is 10.3. The standard InChI is InChI=1S/C11H11BrN2O2S/c1-2-17(15,16)11-5-3-10(4-6-11)14-8-9(12)7-13-14/h3-8H,2H2,1H3. The second-order valence-electron chi connectivity index (χ2n) is 3.50. The third-order valence-corrected chi connectivity index (χ3v) is 4.55. The number of aromatic nitrogens is 2. The second-order valence-corrected chi connectivity index (χ2v) is 6.69. The van der Waals surface area contributed by atoms with E-state index in [4.69, 9.17) is 0 Å². The van der Waals surface area contributed by atoms with Crippen molar-refractivity contribution in [2.45, 2.75) is 11.8 Å². The Labute approximate surface area is 108 Å². The monoisotopic (exact) mass is 314 g/mol. The fourth-order valence-corrected chi connectivity index (χ4v) is 2.58. The number of hydrogen-bond acceptors (Lipinski definition) is 3. The van der Waals surface area contributed by atoms with E-state index in [1.54, 1.807) is 42.1 Å². The summed E-state index contributed by atoms with van der Waals surface area (Å²) in [5.74, 6) is 0.111. The number of rotatable bonds is 3. The lowest BCUT2D eigenvalue weighted by molar-refractivity contribution is 0.597. The highest BCUT2D eigenvalue weighted by Crippen LogP contribution is 2.16. The molecule has 0 aliphatic rings. The topological polar surface area (TPSA) is 52.0 Å². The zero-order chi connectivity index (χ0) is 12.5. The normalized spacial score (nSPS) is 11.6. The zero-order valence-corrected chi connectivity index (χ0v) is 11.6. The molecule has 0 bridgehead atoms. The molecule has 17 heavy (non-hydrogen) atoms. The molecule has 0 unspecified atom stereocenters. The average molecular weight is 315 g/mol. The molecule has 1 heterocycles. The molecule has 0 spiro atoms. The first-order valence-electron chi connectivity index (χ1n) is 5.06. The first kappa shape index (κ1) is 12.3. The Balaban J connectivity index is 2.37. The van der Waals surface area contributed by atoms with Crippen LogP contribution in [0.4, 0.5) is 0 Å². The van der Waals surface area contributed by atoms with E-state index in [0.29, 0.717) is 4.90 Å². The van der Waals surface area contributed by atoms with Crippen molar-refractivity contribution < 1.29 is 8.42 Å². The van der Waals surface area contributed by atoms with Crippen molar-refractivity contribution >= 4 is 25.8 Å². The number of halogens is 1. The van der Waals surface area contributed by atoms with E-state index >= 15 is 0 Å². The Morgan fingerprint density at radius 3 is 2.41 bits per heavy atom. The molecule has 2 rings (SSSR count). The summed E-state index contributed by atoms with van der Waals surface area (Å²) in [5.41, 5.74) is 0.825. The number of hydrogen-bond donors (Lipinski definition) is 0. The molecule has 0 saturated carbocycles. The molecule has 0 radical (unpaired) electrons. The van der Waals surface area contributed by atoms with Crippen LogP contribution < -0.4 is 0 Å². The van der Waals surface area contributed by atoms with Crippen molar-refractivity contribution in [3.8, 4) is 5.69 Å². The zero-order valence-electron chi connectivity index (χ0n) is 9.17. The molecule has 0 aliphatic heterocycles. The van der Waals surface area contributed by atoms with E-state index in [-0.39, 0.29) is 5.75 Å². The lowest BCUT2D eigenvalue weighted by Gasteiger charge is -2.04. The largest absolute Gasteiger partial charge is 0.240 e. The maximum absolute atomic E-state index is 11.6. The Morgan fingerprint density at radius 2 is 1.94 bits per heavy atom. The van der Waals surface area contributed by atoms with Crippen LogP contribution in [0, 0.1) is 0 Å². The molecule has 1 aromatic carbocycles. The molecular formula is C11H11BrN2O2S. The van der Waals surface area contributed by atoms with Gasteiger partial charge in [0.1, 0.15) is 0 Å². The second kappa shape index (κ2) is 4.62. The van der Waals surface area contributed by atoms with Crippen molar-refractivity contribution in [3.63, 3.8) is 0 Å². The predicted octanol–water partition coefficient (Wildman–Crippen LogP) is 2.43. The van der Waals surface area contributed by atoms with Gasteiger partial charge in [-0.25, -0.2) is 13.1 Å². The van der Waals surface area contributed by atoms with Gasteiger partial charge in [-0.3, -0.25) is 0 Å². The fraction of sp³-hybridized carbons (Fsp3) is 0.182. The van der Waals surface area contributed by atoms with Crippen LogP contribution in [0.15, 0.2) is 46.0 Å².